The van der Waals surface area contributed by atoms with E-state index in [1.807, 2.05) is 0 Å². The van der Waals surface area contributed by atoms with E-state index < -0.39 is 29.8 Å². The third-order valence-corrected chi connectivity index (χ3v) is 5.95. The maximum Gasteiger partial charge on any atom is 0.342 e. The van der Waals surface area contributed by atoms with E-state index in [-0.39, 0.29) is 39.1 Å². The van der Waals surface area contributed by atoms with Gasteiger partial charge in [-0.1, -0.05) is 23.7 Å². The van der Waals surface area contributed by atoms with Crippen molar-refractivity contribution in [3.8, 4) is 5.75 Å². The Hall–Kier alpha value is -4.70. The Morgan fingerprint density at radius 1 is 0.895 bits per heavy atom. The normalized spacial score (nSPS) is 13.0. The lowest BCUT2D eigenvalue weighted by Gasteiger charge is -2.19. The average molecular weight is 536 g/mol. The van der Waals surface area contributed by atoms with E-state index in [1.165, 1.54) is 45.2 Å². The number of methoxy groups -OCH3 is 1. The Morgan fingerprint density at radius 3 is 1.97 bits per heavy atom. The standard InChI is InChI=1S/C27H22ClN3O7/c1-14(24(33)30-17-10-8-16(9-11-17)29-15(2)32)38-27(36)20-12-21(28)22(13-23(20)37-3)31-25(34)18-6-4-5-7-19(18)26(31)35/h4-14H,1-3H3,(H,29,32)(H,30,33). The summed E-state index contributed by atoms with van der Waals surface area (Å²) in [5, 5.41) is 5.16. The molecule has 4 rings (SSSR count). The SMILES string of the molecule is COc1cc(N2C(=O)c3ccccc3C2=O)c(Cl)cc1C(=O)OC(C)C(=O)Nc1ccc(NC(C)=O)cc1. The van der Waals surface area contributed by atoms with Gasteiger partial charge in [-0.15, -0.1) is 0 Å². The van der Waals surface area contributed by atoms with Crippen molar-refractivity contribution in [2.75, 3.05) is 22.6 Å². The van der Waals surface area contributed by atoms with Gasteiger partial charge in [0.25, 0.3) is 17.7 Å². The number of esters is 1. The summed E-state index contributed by atoms with van der Waals surface area (Å²) in [6.07, 6.45) is -1.20. The molecule has 0 saturated heterocycles. The first-order valence-electron chi connectivity index (χ1n) is 11.4. The summed E-state index contributed by atoms with van der Waals surface area (Å²) in [6, 6.07) is 15.3. The molecule has 0 fully saturated rings. The lowest BCUT2D eigenvalue weighted by molar-refractivity contribution is -0.123. The maximum absolute atomic E-state index is 12.9. The summed E-state index contributed by atoms with van der Waals surface area (Å²) in [7, 11) is 1.30. The number of halogens is 1. The summed E-state index contributed by atoms with van der Waals surface area (Å²) < 4.78 is 10.6. The number of hydrogen-bond donors (Lipinski definition) is 2. The number of imide groups is 1. The molecule has 1 aliphatic rings. The first-order chi connectivity index (χ1) is 18.1. The Balaban J connectivity index is 1.49. The third-order valence-electron chi connectivity index (χ3n) is 5.65. The number of rotatable bonds is 7. The fraction of sp³-hybridized carbons (Fsp3) is 0.148. The minimum atomic E-state index is -1.20. The quantitative estimate of drug-likeness (QED) is 0.341. The molecule has 11 heteroatoms. The third kappa shape index (κ3) is 5.21. The van der Waals surface area contributed by atoms with Crippen LogP contribution in [0.1, 0.15) is 44.9 Å². The van der Waals surface area contributed by atoms with Crippen molar-refractivity contribution < 1.29 is 33.4 Å². The molecule has 1 heterocycles. The topological polar surface area (TPSA) is 131 Å². The van der Waals surface area contributed by atoms with Crippen LogP contribution in [-0.4, -0.2) is 42.8 Å². The van der Waals surface area contributed by atoms with E-state index in [2.05, 4.69) is 10.6 Å². The Labute approximate surface area is 222 Å². The monoisotopic (exact) mass is 535 g/mol. The predicted octanol–water partition coefficient (Wildman–Crippen LogP) is 4.29. The highest BCUT2D eigenvalue weighted by atomic mass is 35.5. The molecule has 0 aliphatic carbocycles. The number of fused-ring (bicyclic) bond motifs is 1. The molecule has 10 nitrogen and oxygen atoms in total. The van der Waals surface area contributed by atoms with E-state index in [0.29, 0.717) is 11.4 Å². The Bertz CT molecular complexity index is 1430. The predicted molar refractivity (Wildman–Crippen MR) is 140 cm³/mol. The minimum Gasteiger partial charge on any atom is -0.496 e. The molecule has 3 aromatic rings. The lowest BCUT2D eigenvalue weighted by Crippen LogP contribution is -2.31. The number of ether oxygens (including phenoxy) is 2. The second-order valence-corrected chi connectivity index (χ2v) is 8.70. The zero-order chi connectivity index (χ0) is 27.6. The molecular formula is C27H22ClN3O7. The van der Waals surface area contributed by atoms with Crippen molar-refractivity contribution in [1.29, 1.82) is 0 Å². The second kappa shape index (κ2) is 10.7. The van der Waals surface area contributed by atoms with E-state index >= 15 is 0 Å². The molecule has 38 heavy (non-hydrogen) atoms. The highest BCUT2D eigenvalue weighted by Gasteiger charge is 2.38. The average Bonchev–Trinajstić information content (AvgIpc) is 3.14. The van der Waals surface area contributed by atoms with Gasteiger partial charge in [-0.3, -0.25) is 19.2 Å². The van der Waals surface area contributed by atoms with Crippen LogP contribution in [-0.2, 0) is 14.3 Å². The van der Waals surface area contributed by atoms with Crippen LogP contribution in [0.25, 0.3) is 0 Å². The summed E-state index contributed by atoms with van der Waals surface area (Å²) in [5.41, 5.74) is 1.40. The fourth-order valence-electron chi connectivity index (χ4n) is 3.81. The van der Waals surface area contributed by atoms with Gasteiger partial charge in [0.15, 0.2) is 6.10 Å². The molecule has 1 atom stereocenters. The Morgan fingerprint density at radius 2 is 1.45 bits per heavy atom. The zero-order valence-corrected chi connectivity index (χ0v) is 21.3. The highest BCUT2D eigenvalue weighted by Crippen LogP contribution is 2.38. The zero-order valence-electron chi connectivity index (χ0n) is 20.5. The van der Waals surface area contributed by atoms with Crippen LogP contribution in [0.4, 0.5) is 17.1 Å². The van der Waals surface area contributed by atoms with Gasteiger partial charge < -0.3 is 20.1 Å². The number of benzene rings is 3. The van der Waals surface area contributed by atoms with E-state index in [4.69, 9.17) is 21.1 Å². The van der Waals surface area contributed by atoms with Crippen LogP contribution in [0.2, 0.25) is 5.02 Å². The van der Waals surface area contributed by atoms with Gasteiger partial charge in [-0.25, -0.2) is 9.69 Å². The van der Waals surface area contributed by atoms with E-state index in [9.17, 15) is 24.0 Å². The first-order valence-corrected chi connectivity index (χ1v) is 11.7. The van der Waals surface area contributed by atoms with Crippen LogP contribution in [0.5, 0.6) is 5.75 Å². The van der Waals surface area contributed by atoms with Crippen molar-refractivity contribution >= 4 is 58.3 Å². The number of nitrogens with one attached hydrogen (secondary N) is 2. The number of carbonyl (C=O) groups excluding carboxylic acids is 5. The summed E-state index contributed by atoms with van der Waals surface area (Å²) in [5.74, 6) is -2.85. The van der Waals surface area contributed by atoms with Gasteiger partial charge in [0.1, 0.15) is 11.3 Å². The largest absolute Gasteiger partial charge is 0.496 e. The van der Waals surface area contributed by atoms with Gasteiger partial charge >= 0.3 is 5.97 Å². The number of amides is 4. The second-order valence-electron chi connectivity index (χ2n) is 8.29. The van der Waals surface area contributed by atoms with Crippen LogP contribution in [0, 0.1) is 0 Å². The summed E-state index contributed by atoms with van der Waals surface area (Å²) in [6.45, 7) is 2.77. The molecule has 0 saturated carbocycles. The van der Waals surface area contributed by atoms with Gasteiger partial charge in [-0.05, 0) is 49.4 Å². The molecule has 0 radical (unpaired) electrons. The minimum absolute atomic E-state index is 0.00729. The number of anilines is 3. The van der Waals surface area contributed by atoms with E-state index in [1.54, 1.807) is 36.4 Å². The van der Waals surface area contributed by atoms with Crippen LogP contribution in [0.3, 0.4) is 0 Å². The van der Waals surface area contributed by atoms with Crippen molar-refractivity contribution in [3.05, 3.63) is 82.4 Å². The van der Waals surface area contributed by atoms with Crippen LogP contribution in [0.15, 0.2) is 60.7 Å². The molecule has 1 aliphatic heterocycles. The molecule has 3 aromatic carbocycles. The van der Waals surface area contributed by atoms with Gasteiger partial charge in [0.2, 0.25) is 5.91 Å². The summed E-state index contributed by atoms with van der Waals surface area (Å²) >= 11 is 6.39. The molecule has 2 N–H and O–H groups in total. The highest BCUT2D eigenvalue weighted by molar-refractivity contribution is 6.40. The van der Waals surface area contributed by atoms with Gasteiger partial charge in [0.05, 0.1) is 28.9 Å². The number of nitrogens with zero attached hydrogens (tertiary/aromatic N) is 1. The molecule has 194 valence electrons. The van der Waals surface area contributed by atoms with Gasteiger partial charge in [-0.2, -0.15) is 0 Å². The summed E-state index contributed by atoms with van der Waals surface area (Å²) in [4.78, 5) is 63.3. The number of hydrogen-bond acceptors (Lipinski definition) is 7. The molecule has 0 aromatic heterocycles. The van der Waals surface area contributed by atoms with Crippen molar-refractivity contribution in [2.45, 2.75) is 20.0 Å². The van der Waals surface area contributed by atoms with Crippen LogP contribution >= 0.6 is 11.6 Å². The first kappa shape index (κ1) is 26.4. The van der Waals surface area contributed by atoms with E-state index in [0.717, 1.165) is 4.90 Å². The van der Waals surface area contributed by atoms with Crippen molar-refractivity contribution in [2.24, 2.45) is 0 Å². The number of carbonyl (C=O) groups is 5. The van der Waals surface area contributed by atoms with Crippen molar-refractivity contribution in [1.82, 2.24) is 0 Å². The molecule has 4 amide bonds. The van der Waals surface area contributed by atoms with Crippen molar-refractivity contribution in [3.63, 3.8) is 0 Å². The fourth-order valence-corrected chi connectivity index (χ4v) is 4.06. The lowest BCUT2D eigenvalue weighted by atomic mass is 10.1. The maximum atomic E-state index is 12.9. The molecule has 0 bridgehead atoms. The van der Waals surface area contributed by atoms with Gasteiger partial charge in [0, 0.05) is 24.4 Å². The molecule has 1 unspecified atom stereocenters. The smallest absolute Gasteiger partial charge is 0.342 e. The Kier molecular flexibility index (Phi) is 7.45. The molecule has 0 spiro atoms. The van der Waals surface area contributed by atoms with Crippen LogP contribution < -0.4 is 20.3 Å². The molecular weight excluding hydrogens is 514 g/mol.